The molecule has 0 amide bonds. The number of rotatable bonds is 4. The molecular weight excluding hydrogens is 272 g/mol. The molecule has 0 spiro atoms. The van der Waals surface area contributed by atoms with Crippen LogP contribution in [0.1, 0.15) is 18.1 Å². The summed E-state index contributed by atoms with van der Waals surface area (Å²) in [4.78, 5) is 0. The molecule has 0 aliphatic carbocycles. The standard InChI is InChI=1S/C13H15F2N3.ClH/c1-3-18-8-9(2)13(17-18)16-7-10-4-11(14)6-12(15)5-10;/h4-6,8H,3,7H2,1-2H3,(H,16,17);1H. The highest BCUT2D eigenvalue weighted by Gasteiger charge is 2.05. The topological polar surface area (TPSA) is 29.9 Å². The summed E-state index contributed by atoms with van der Waals surface area (Å²) in [6, 6.07) is 3.48. The normalized spacial score (nSPS) is 10.1. The molecule has 104 valence electrons. The van der Waals surface area contributed by atoms with Crippen molar-refractivity contribution in [2.45, 2.75) is 26.9 Å². The fourth-order valence-corrected chi connectivity index (χ4v) is 1.76. The van der Waals surface area contributed by atoms with Gasteiger partial charge in [0.25, 0.3) is 0 Å². The molecule has 0 atom stereocenters. The number of halogens is 3. The number of aryl methyl sites for hydroxylation is 2. The van der Waals surface area contributed by atoms with E-state index in [0.717, 1.165) is 24.0 Å². The fraction of sp³-hybridized carbons (Fsp3) is 0.308. The molecule has 0 bridgehead atoms. The molecule has 2 rings (SSSR count). The molecule has 0 aliphatic rings. The van der Waals surface area contributed by atoms with Gasteiger partial charge in [-0.15, -0.1) is 12.4 Å². The molecule has 2 aromatic rings. The van der Waals surface area contributed by atoms with E-state index in [1.807, 2.05) is 24.7 Å². The maximum absolute atomic E-state index is 13.0. The second kappa shape index (κ2) is 6.52. The molecule has 1 aromatic heterocycles. The van der Waals surface area contributed by atoms with E-state index in [-0.39, 0.29) is 12.4 Å². The van der Waals surface area contributed by atoms with Gasteiger partial charge in [-0.1, -0.05) is 0 Å². The zero-order valence-corrected chi connectivity index (χ0v) is 11.6. The van der Waals surface area contributed by atoms with Crippen LogP contribution in [0.15, 0.2) is 24.4 Å². The fourth-order valence-electron chi connectivity index (χ4n) is 1.76. The first-order valence-corrected chi connectivity index (χ1v) is 5.81. The molecule has 19 heavy (non-hydrogen) atoms. The van der Waals surface area contributed by atoms with Crippen molar-refractivity contribution >= 4 is 18.2 Å². The Balaban J connectivity index is 0.00000180. The lowest BCUT2D eigenvalue weighted by Gasteiger charge is -2.05. The molecular formula is C13H16ClF2N3. The van der Waals surface area contributed by atoms with Crippen LogP contribution in [-0.2, 0) is 13.1 Å². The Hall–Kier alpha value is -1.62. The molecule has 1 heterocycles. The van der Waals surface area contributed by atoms with Crippen LogP contribution in [0.4, 0.5) is 14.6 Å². The minimum atomic E-state index is -0.567. The second-order valence-corrected chi connectivity index (χ2v) is 4.15. The molecule has 3 nitrogen and oxygen atoms in total. The van der Waals surface area contributed by atoms with Crippen molar-refractivity contribution in [2.75, 3.05) is 5.32 Å². The lowest BCUT2D eigenvalue weighted by atomic mass is 10.2. The van der Waals surface area contributed by atoms with Gasteiger partial charge in [-0.2, -0.15) is 5.10 Å². The van der Waals surface area contributed by atoms with Gasteiger partial charge >= 0.3 is 0 Å². The second-order valence-electron chi connectivity index (χ2n) is 4.15. The van der Waals surface area contributed by atoms with Crippen LogP contribution in [0.2, 0.25) is 0 Å². The van der Waals surface area contributed by atoms with Crippen LogP contribution >= 0.6 is 12.4 Å². The first-order valence-electron chi connectivity index (χ1n) is 5.81. The van der Waals surface area contributed by atoms with Crippen LogP contribution in [0.5, 0.6) is 0 Å². The summed E-state index contributed by atoms with van der Waals surface area (Å²) in [5.41, 5.74) is 1.56. The quantitative estimate of drug-likeness (QED) is 0.932. The van der Waals surface area contributed by atoms with E-state index in [1.165, 1.54) is 12.1 Å². The average molecular weight is 288 g/mol. The summed E-state index contributed by atoms with van der Waals surface area (Å²) in [5.74, 6) is -0.397. The van der Waals surface area contributed by atoms with Crippen LogP contribution in [0, 0.1) is 18.6 Å². The maximum atomic E-state index is 13.0. The summed E-state index contributed by atoms with van der Waals surface area (Å²) in [5, 5.41) is 7.38. The highest BCUT2D eigenvalue weighted by atomic mass is 35.5. The van der Waals surface area contributed by atoms with Gasteiger partial charge in [-0.3, -0.25) is 4.68 Å². The molecule has 1 aromatic carbocycles. The Bertz CT molecular complexity index is 535. The molecule has 6 heteroatoms. The number of hydrogen-bond acceptors (Lipinski definition) is 2. The minimum absolute atomic E-state index is 0. The van der Waals surface area contributed by atoms with E-state index in [9.17, 15) is 8.78 Å². The number of anilines is 1. The summed E-state index contributed by atoms with van der Waals surface area (Å²) >= 11 is 0. The van der Waals surface area contributed by atoms with Gasteiger partial charge in [-0.25, -0.2) is 8.78 Å². The number of nitrogens with zero attached hydrogens (tertiary/aromatic N) is 2. The number of aromatic nitrogens is 2. The predicted octanol–water partition coefficient (Wildman–Crippen LogP) is 3.52. The Morgan fingerprint density at radius 1 is 1.21 bits per heavy atom. The predicted molar refractivity (Wildman–Crippen MR) is 73.6 cm³/mol. The maximum Gasteiger partial charge on any atom is 0.151 e. The Labute approximate surface area is 117 Å². The minimum Gasteiger partial charge on any atom is -0.364 e. The summed E-state index contributed by atoms with van der Waals surface area (Å²) in [7, 11) is 0. The van der Waals surface area contributed by atoms with Gasteiger partial charge in [0.15, 0.2) is 5.82 Å². The SMILES string of the molecule is CCn1cc(C)c(NCc2cc(F)cc(F)c2)n1.Cl. The lowest BCUT2D eigenvalue weighted by molar-refractivity contribution is 0.580. The molecule has 0 fully saturated rings. The largest absolute Gasteiger partial charge is 0.364 e. The van der Waals surface area contributed by atoms with Gasteiger partial charge in [0.05, 0.1) is 0 Å². The number of benzene rings is 1. The van der Waals surface area contributed by atoms with Gasteiger partial charge in [-0.05, 0) is 31.5 Å². The molecule has 0 unspecified atom stereocenters. The van der Waals surface area contributed by atoms with Crippen molar-refractivity contribution in [1.29, 1.82) is 0 Å². The van der Waals surface area contributed by atoms with E-state index >= 15 is 0 Å². The highest BCUT2D eigenvalue weighted by molar-refractivity contribution is 5.85. The molecule has 0 aliphatic heterocycles. The molecule has 0 saturated carbocycles. The van der Waals surface area contributed by atoms with E-state index in [0.29, 0.717) is 12.1 Å². The number of hydrogen-bond donors (Lipinski definition) is 1. The Kier molecular flexibility index (Phi) is 5.30. The molecule has 0 radical (unpaired) electrons. The van der Waals surface area contributed by atoms with Crippen molar-refractivity contribution in [2.24, 2.45) is 0 Å². The van der Waals surface area contributed by atoms with Gasteiger partial charge in [0.2, 0.25) is 0 Å². The Morgan fingerprint density at radius 2 is 1.84 bits per heavy atom. The van der Waals surface area contributed by atoms with Gasteiger partial charge in [0.1, 0.15) is 11.6 Å². The first kappa shape index (κ1) is 15.4. The van der Waals surface area contributed by atoms with E-state index in [4.69, 9.17) is 0 Å². The zero-order valence-electron chi connectivity index (χ0n) is 10.8. The highest BCUT2D eigenvalue weighted by Crippen LogP contribution is 2.14. The number of nitrogens with one attached hydrogen (secondary N) is 1. The third-order valence-corrected chi connectivity index (χ3v) is 2.65. The zero-order chi connectivity index (χ0) is 13.1. The van der Waals surface area contributed by atoms with Crippen LogP contribution < -0.4 is 5.32 Å². The van der Waals surface area contributed by atoms with Gasteiger partial charge < -0.3 is 5.32 Å². The third-order valence-electron chi connectivity index (χ3n) is 2.65. The van der Waals surface area contributed by atoms with Crippen molar-refractivity contribution in [3.05, 3.63) is 47.2 Å². The summed E-state index contributed by atoms with van der Waals surface area (Å²) in [6.45, 7) is 5.07. The monoisotopic (exact) mass is 287 g/mol. The van der Waals surface area contributed by atoms with Crippen molar-refractivity contribution < 1.29 is 8.78 Å². The van der Waals surface area contributed by atoms with Crippen LogP contribution in [-0.4, -0.2) is 9.78 Å². The third kappa shape index (κ3) is 3.92. The summed E-state index contributed by atoms with van der Waals surface area (Å²) < 4.78 is 27.8. The van der Waals surface area contributed by atoms with E-state index in [1.54, 1.807) is 0 Å². The van der Waals surface area contributed by atoms with Crippen molar-refractivity contribution in [3.63, 3.8) is 0 Å². The van der Waals surface area contributed by atoms with Crippen LogP contribution in [0.25, 0.3) is 0 Å². The Morgan fingerprint density at radius 3 is 2.37 bits per heavy atom. The first-order chi connectivity index (χ1) is 8.58. The van der Waals surface area contributed by atoms with Gasteiger partial charge in [0, 0.05) is 30.9 Å². The van der Waals surface area contributed by atoms with Crippen molar-refractivity contribution in [3.8, 4) is 0 Å². The smallest absolute Gasteiger partial charge is 0.151 e. The van der Waals surface area contributed by atoms with E-state index in [2.05, 4.69) is 10.4 Å². The van der Waals surface area contributed by atoms with Crippen LogP contribution in [0.3, 0.4) is 0 Å². The van der Waals surface area contributed by atoms with E-state index < -0.39 is 11.6 Å². The summed E-state index contributed by atoms with van der Waals surface area (Å²) in [6.07, 6.45) is 1.93. The molecule has 0 saturated heterocycles. The molecule has 1 N–H and O–H groups in total. The van der Waals surface area contributed by atoms with Crippen molar-refractivity contribution in [1.82, 2.24) is 9.78 Å². The average Bonchev–Trinajstić information content (AvgIpc) is 2.66. The lowest BCUT2D eigenvalue weighted by Crippen LogP contribution is -2.03.